The molecule has 3 aromatic heterocycles. The van der Waals surface area contributed by atoms with Crippen molar-refractivity contribution in [3.63, 3.8) is 0 Å². The number of carbonyl (C=O) groups excluding carboxylic acids is 1. The number of nitrogens with zero attached hydrogens (tertiary/aromatic N) is 5. The van der Waals surface area contributed by atoms with Gasteiger partial charge in [0.25, 0.3) is 5.78 Å². The van der Waals surface area contributed by atoms with Gasteiger partial charge in [-0.15, -0.1) is 5.10 Å². The summed E-state index contributed by atoms with van der Waals surface area (Å²) in [5, 5.41) is 5.04. The lowest BCUT2D eigenvalue weighted by Crippen LogP contribution is -2.06. The van der Waals surface area contributed by atoms with Crippen molar-refractivity contribution in [1.82, 2.24) is 24.1 Å². The molecule has 0 aliphatic rings. The van der Waals surface area contributed by atoms with Crippen molar-refractivity contribution >= 4 is 23.3 Å². The Bertz CT molecular complexity index is 1280. The van der Waals surface area contributed by atoms with E-state index in [1.807, 2.05) is 39.8 Å². The minimum atomic E-state index is 0.0721. The summed E-state index contributed by atoms with van der Waals surface area (Å²) in [6, 6.07) is 10.3. The summed E-state index contributed by atoms with van der Waals surface area (Å²) in [6.45, 7) is 12.1. The maximum Gasteiger partial charge on any atom is 0.253 e. The fourth-order valence-electron chi connectivity index (χ4n) is 3.72. The van der Waals surface area contributed by atoms with Gasteiger partial charge in [0, 0.05) is 34.0 Å². The van der Waals surface area contributed by atoms with Crippen LogP contribution in [0.3, 0.4) is 0 Å². The molecule has 0 N–H and O–H groups in total. The van der Waals surface area contributed by atoms with Gasteiger partial charge in [-0.2, -0.15) is 4.98 Å². The highest BCUT2D eigenvalue weighted by atomic mass is 32.2. The van der Waals surface area contributed by atoms with Crippen LogP contribution in [0.15, 0.2) is 35.5 Å². The van der Waals surface area contributed by atoms with Crippen LogP contribution in [0.4, 0.5) is 0 Å². The Hall–Kier alpha value is -2.93. The lowest BCUT2D eigenvalue weighted by molar-refractivity contribution is 0.102. The number of aromatic nitrogens is 5. The van der Waals surface area contributed by atoms with Crippen molar-refractivity contribution in [1.29, 1.82) is 0 Å². The van der Waals surface area contributed by atoms with E-state index < -0.39 is 0 Å². The first-order chi connectivity index (χ1) is 14.2. The van der Waals surface area contributed by atoms with E-state index in [4.69, 9.17) is 0 Å². The number of Topliss-reactive ketones (excluding diaryl/α,β-unsaturated/α-hetero) is 1. The zero-order valence-electron chi connectivity index (χ0n) is 18.1. The Kier molecular flexibility index (Phi) is 5.24. The van der Waals surface area contributed by atoms with Gasteiger partial charge in [0.05, 0.1) is 5.75 Å². The molecule has 7 heteroatoms. The van der Waals surface area contributed by atoms with Crippen molar-refractivity contribution in [2.45, 2.75) is 46.7 Å². The van der Waals surface area contributed by atoms with E-state index >= 15 is 0 Å². The van der Waals surface area contributed by atoms with Gasteiger partial charge in [0.1, 0.15) is 0 Å². The standard InChI is InChI=1S/C23H25N5OS/c1-13-7-8-19(9-14(13)2)27-16(4)11-20(18(27)6)21(29)12-30-23-25-22-24-15(3)10-17(5)28(22)26-23/h7-11H,12H2,1-6H3. The molecule has 0 unspecified atom stereocenters. The Labute approximate surface area is 180 Å². The van der Waals surface area contributed by atoms with Gasteiger partial charge >= 0.3 is 0 Å². The summed E-state index contributed by atoms with van der Waals surface area (Å²) < 4.78 is 3.86. The molecule has 0 aliphatic carbocycles. The Morgan fingerprint density at radius 1 is 0.933 bits per heavy atom. The maximum atomic E-state index is 13.0. The second-order valence-corrected chi connectivity index (χ2v) is 8.69. The van der Waals surface area contributed by atoms with Crippen LogP contribution >= 0.6 is 11.8 Å². The smallest absolute Gasteiger partial charge is 0.253 e. The average Bonchev–Trinajstić information content (AvgIpc) is 3.23. The van der Waals surface area contributed by atoms with Gasteiger partial charge in [-0.05, 0) is 76.9 Å². The van der Waals surface area contributed by atoms with Crippen LogP contribution in [0.5, 0.6) is 0 Å². The molecule has 0 bridgehead atoms. The van der Waals surface area contributed by atoms with E-state index in [1.165, 1.54) is 22.9 Å². The number of carbonyl (C=O) groups is 1. The molecule has 0 saturated heterocycles. The zero-order valence-corrected chi connectivity index (χ0v) is 19.0. The van der Waals surface area contributed by atoms with Crippen LogP contribution < -0.4 is 0 Å². The van der Waals surface area contributed by atoms with Gasteiger partial charge in [0.15, 0.2) is 5.78 Å². The summed E-state index contributed by atoms with van der Waals surface area (Å²) in [5.41, 5.74) is 8.20. The van der Waals surface area contributed by atoms with E-state index in [0.717, 1.165) is 34.0 Å². The normalized spacial score (nSPS) is 11.4. The number of fused-ring (bicyclic) bond motifs is 1. The Balaban J connectivity index is 1.57. The summed E-state index contributed by atoms with van der Waals surface area (Å²) in [4.78, 5) is 21.8. The first-order valence-corrected chi connectivity index (χ1v) is 10.9. The van der Waals surface area contributed by atoms with Gasteiger partial charge in [0.2, 0.25) is 5.16 Å². The van der Waals surface area contributed by atoms with Gasteiger partial charge in [-0.3, -0.25) is 4.79 Å². The Morgan fingerprint density at radius 3 is 2.43 bits per heavy atom. The number of hydrogen-bond acceptors (Lipinski definition) is 5. The summed E-state index contributed by atoms with van der Waals surface area (Å²) in [7, 11) is 0. The second kappa shape index (κ2) is 7.72. The van der Waals surface area contributed by atoms with E-state index in [2.05, 4.69) is 51.7 Å². The zero-order chi connectivity index (χ0) is 21.6. The molecule has 0 atom stereocenters. The third-order valence-electron chi connectivity index (χ3n) is 5.41. The molecule has 0 aliphatic heterocycles. The minimum Gasteiger partial charge on any atom is -0.318 e. The highest BCUT2D eigenvalue weighted by Crippen LogP contribution is 2.25. The summed E-state index contributed by atoms with van der Waals surface area (Å²) >= 11 is 1.35. The molecule has 1 aromatic carbocycles. The van der Waals surface area contributed by atoms with E-state index in [9.17, 15) is 4.79 Å². The molecule has 4 rings (SSSR count). The van der Waals surface area contributed by atoms with Crippen LogP contribution in [0.2, 0.25) is 0 Å². The number of thioether (sulfide) groups is 1. The molecule has 0 amide bonds. The topological polar surface area (TPSA) is 65.1 Å². The van der Waals surface area contributed by atoms with Crippen LogP contribution in [-0.4, -0.2) is 35.7 Å². The van der Waals surface area contributed by atoms with Crippen LogP contribution in [0.25, 0.3) is 11.5 Å². The van der Waals surface area contributed by atoms with E-state index in [-0.39, 0.29) is 11.5 Å². The lowest BCUT2D eigenvalue weighted by Gasteiger charge is -2.12. The fraction of sp³-hybridized carbons (Fsp3) is 0.304. The highest BCUT2D eigenvalue weighted by Gasteiger charge is 2.18. The van der Waals surface area contributed by atoms with Gasteiger partial charge < -0.3 is 4.57 Å². The molecular formula is C23H25N5OS. The van der Waals surface area contributed by atoms with Crippen LogP contribution in [-0.2, 0) is 0 Å². The number of rotatable bonds is 5. The number of benzene rings is 1. The molecule has 4 aromatic rings. The van der Waals surface area contributed by atoms with Gasteiger partial charge in [-0.25, -0.2) is 9.50 Å². The highest BCUT2D eigenvalue weighted by molar-refractivity contribution is 7.99. The monoisotopic (exact) mass is 419 g/mol. The largest absolute Gasteiger partial charge is 0.318 e. The molecule has 6 nitrogen and oxygen atoms in total. The number of aryl methyl sites for hydroxylation is 5. The van der Waals surface area contributed by atoms with Crippen molar-refractivity contribution < 1.29 is 4.79 Å². The average molecular weight is 420 g/mol. The maximum absolute atomic E-state index is 13.0. The van der Waals surface area contributed by atoms with E-state index in [0.29, 0.717) is 10.9 Å². The third kappa shape index (κ3) is 3.65. The first kappa shape index (κ1) is 20.3. The molecule has 0 radical (unpaired) electrons. The van der Waals surface area contributed by atoms with Crippen molar-refractivity contribution in [2.24, 2.45) is 0 Å². The number of hydrogen-bond donors (Lipinski definition) is 0. The SMILES string of the molecule is Cc1cc(C)n2nc(SCC(=O)c3cc(C)n(-c4ccc(C)c(C)c4)c3C)nc2n1. The van der Waals surface area contributed by atoms with Crippen LogP contribution in [0.1, 0.15) is 44.3 Å². The Morgan fingerprint density at radius 2 is 1.70 bits per heavy atom. The third-order valence-corrected chi connectivity index (χ3v) is 6.25. The predicted molar refractivity (Wildman–Crippen MR) is 120 cm³/mol. The second-order valence-electron chi connectivity index (χ2n) is 7.75. The summed E-state index contributed by atoms with van der Waals surface area (Å²) in [5.74, 6) is 0.921. The predicted octanol–water partition coefficient (Wildman–Crippen LogP) is 4.74. The molecule has 0 fully saturated rings. The number of ketones is 1. The van der Waals surface area contributed by atoms with Gasteiger partial charge in [-0.1, -0.05) is 17.8 Å². The van der Waals surface area contributed by atoms with Crippen LogP contribution in [0, 0.1) is 41.5 Å². The quantitative estimate of drug-likeness (QED) is 0.345. The minimum absolute atomic E-state index is 0.0721. The lowest BCUT2D eigenvalue weighted by atomic mass is 10.1. The molecule has 0 spiro atoms. The molecule has 154 valence electrons. The molecular weight excluding hydrogens is 394 g/mol. The first-order valence-electron chi connectivity index (χ1n) is 9.88. The van der Waals surface area contributed by atoms with Crippen molar-refractivity contribution in [3.8, 4) is 5.69 Å². The van der Waals surface area contributed by atoms with Crippen molar-refractivity contribution in [2.75, 3.05) is 5.75 Å². The summed E-state index contributed by atoms with van der Waals surface area (Å²) in [6.07, 6.45) is 0. The van der Waals surface area contributed by atoms with Crippen molar-refractivity contribution in [3.05, 3.63) is 69.8 Å². The molecule has 30 heavy (non-hydrogen) atoms. The molecule has 3 heterocycles. The molecule has 0 saturated carbocycles. The fourth-order valence-corrected chi connectivity index (χ4v) is 4.43. The van der Waals surface area contributed by atoms with E-state index in [1.54, 1.807) is 4.52 Å².